The first-order valence-corrected chi connectivity index (χ1v) is 10.5. The second-order valence-corrected chi connectivity index (χ2v) is 7.71. The molecule has 0 bridgehead atoms. The number of rotatable bonds is 6. The summed E-state index contributed by atoms with van der Waals surface area (Å²) in [6.07, 6.45) is 3.01. The van der Waals surface area contributed by atoms with Gasteiger partial charge in [-0.1, -0.05) is 47.5 Å². The van der Waals surface area contributed by atoms with Crippen molar-refractivity contribution >= 4 is 46.7 Å². The quantitative estimate of drug-likeness (QED) is 0.240. The van der Waals surface area contributed by atoms with Gasteiger partial charge in [-0.2, -0.15) is 0 Å². The molecule has 0 saturated heterocycles. The zero-order valence-electron chi connectivity index (χ0n) is 16.7. The van der Waals surface area contributed by atoms with E-state index in [1.165, 1.54) is 6.08 Å². The molecule has 1 amide bonds. The van der Waals surface area contributed by atoms with Gasteiger partial charge in [-0.3, -0.25) is 9.59 Å². The third-order valence-corrected chi connectivity index (χ3v) is 5.33. The highest BCUT2D eigenvalue weighted by molar-refractivity contribution is 6.39. The lowest BCUT2D eigenvalue weighted by Gasteiger charge is -2.05. The van der Waals surface area contributed by atoms with Gasteiger partial charge in [-0.25, -0.2) is 0 Å². The molecule has 0 radical (unpaired) electrons. The number of hydrogen-bond acceptors (Lipinski definition) is 3. The van der Waals surface area contributed by atoms with Gasteiger partial charge in [0, 0.05) is 16.8 Å². The molecule has 0 fully saturated rings. The van der Waals surface area contributed by atoms with Crippen LogP contribution in [0.15, 0.2) is 95.4 Å². The maximum atomic E-state index is 12.5. The van der Waals surface area contributed by atoms with Crippen molar-refractivity contribution in [3.05, 3.63) is 118 Å². The Labute approximate surface area is 195 Å². The predicted octanol–water partition coefficient (Wildman–Crippen LogP) is 7.40. The molecule has 0 saturated carbocycles. The molecule has 0 aliphatic rings. The van der Waals surface area contributed by atoms with Crippen LogP contribution in [0.1, 0.15) is 26.5 Å². The summed E-state index contributed by atoms with van der Waals surface area (Å²) in [5.74, 6) is 0.610. The molecule has 0 atom stereocenters. The number of furan rings is 1. The maximum absolute atomic E-state index is 12.5. The van der Waals surface area contributed by atoms with Gasteiger partial charge in [0.25, 0.3) is 5.91 Å². The summed E-state index contributed by atoms with van der Waals surface area (Å²) in [6.45, 7) is 0. The van der Waals surface area contributed by atoms with Crippen LogP contribution in [0.25, 0.3) is 17.4 Å². The van der Waals surface area contributed by atoms with Crippen LogP contribution in [-0.2, 0) is 0 Å². The van der Waals surface area contributed by atoms with Crippen LogP contribution in [0, 0.1) is 0 Å². The monoisotopic (exact) mass is 461 g/mol. The maximum Gasteiger partial charge on any atom is 0.255 e. The number of halogens is 2. The number of carbonyl (C=O) groups is 2. The van der Waals surface area contributed by atoms with Crippen molar-refractivity contribution < 1.29 is 14.0 Å². The molecular formula is C26H17Cl2NO3. The fourth-order valence-electron chi connectivity index (χ4n) is 3.07. The van der Waals surface area contributed by atoms with Crippen LogP contribution in [0.4, 0.5) is 5.69 Å². The largest absolute Gasteiger partial charge is 0.457 e. The van der Waals surface area contributed by atoms with E-state index in [4.69, 9.17) is 27.6 Å². The zero-order valence-corrected chi connectivity index (χ0v) is 18.2. The van der Waals surface area contributed by atoms with Crippen LogP contribution >= 0.6 is 23.2 Å². The number of anilines is 1. The van der Waals surface area contributed by atoms with Crippen LogP contribution in [0.2, 0.25) is 10.0 Å². The normalized spacial score (nSPS) is 10.9. The third kappa shape index (κ3) is 4.99. The zero-order chi connectivity index (χ0) is 22.5. The van der Waals surface area contributed by atoms with E-state index in [1.54, 1.807) is 84.9 Å². The Hall–Kier alpha value is -3.60. The highest BCUT2D eigenvalue weighted by Gasteiger charge is 2.12. The molecule has 4 rings (SSSR count). The van der Waals surface area contributed by atoms with E-state index in [2.05, 4.69) is 5.32 Å². The van der Waals surface area contributed by atoms with Crippen molar-refractivity contribution in [3.8, 4) is 11.3 Å². The summed E-state index contributed by atoms with van der Waals surface area (Å²) >= 11 is 12.4. The van der Waals surface area contributed by atoms with Crippen LogP contribution in [-0.4, -0.2) is 11.7 Å². The summed E-state index contributed by atoms with van der Waals surface area (Å²) in [5, 5.41) is 3.77. The SMILES string of the molecule is O=C(/C=C/c1ccc(-c2c(Cl)cccc2Cl)o1)c1ccc(NC(=O)c2ccccc2)cc1. The van der Waals surface area contributed by atoms with E-state index in [0.717, 1.165) is 0 Å². The average molecular weight is 462 g/mol. The van der Waals surface area contributed by atoms with E-state index in [0.29, 0.717) is 43.9 Å². The minimum Gasteiger partial charge on any atom is -0.457 e. The first-order valence-electron chi connectivity index (χ1n) is 9.74. The van der Waals surface area contributed by atoms with E-state index >= 15 is 0 Å². The highest BCUT2D eigenvalue weighted by Crippen LogP contribution is 2.35. The molecule has 158 valence electrons. The van der Waals surface area contributed by atoms with Gasteiger partial charge in [0.1, 0.15) is 11.5 Å². The van der Waals surface area contributed by atoms with Crippen molar-refractivity contribution in [2.75, 3.05) is 5.32 Å². The number of benzene rings is 3. The lowest BCUT2D eigenvalue weighted by atomic mass is 10.1. The smallest absolute Gasteiger partial charge is 0.255 e. The van der Waals surface area contributed by atoms with Crippen LogP contribution in [0.3, 0.4) is 0 Å². The lowest BCUT2D eigenvalue weighted by molar-refractivity contribution is 0.102. The average Bonchev–Trinajstić information content (AvgIpc) is 3.27. The molecule has 0 spiro atoms. The summed E-state index contributed by atoms with van der Waals surface area (Å²) in [6, 6.07) is 24.3. The van der Waals surface area contributed by atoms with Gasteiger partial charge >= 0.3 is 0 Å². The fourth-order valence-corrected chi connectivity index (χ4v) is 3.66. The van der Waals surface area contributed by atoms with Crippen molar-refractivity contribution in [2.24, 2.45) is 0 Å². The van der Waals surface area contributed by atoms with Gasteiger partial charge in [0.05, 0.1) is 15.6 Å². The fraction of sp³-hybridized carbons (Fsp3) is 0. The molecule has 4 aromatic rings. The molecule has 1 aromatic heterocycles. The van der Waals surface area contributed by atoms with E-state index in [1.807, 2.05) is 6.07 Å². The second-order valence-electron chi connectivity index (χ2n) is 6.89. The molecule has 3 aromatic carbocycles. The Morgan fingerprint density at radius 3 is 2.12 bits per heavy atom. The molecular weight excluding hydrogens is 445 g/mol. The molecule has 1 heterocycles. The summed E-state index contributed by atoms with van der Waals surface area (Å²) in [4.78, 5) is 24.7. The molecule has 6 heteroatoms. The number of nitrogens with one attached hydrogen (secondary N) is 1. The van der Waals surface area contributed by atoms with Crippen molar-refractivity contribution in [3.63, 3.8) is 0 Å². The third-order valence-electron chi connectivity index (χ3n) is 4.70. The standard InChI is InChI=1S/C26H17Cl2NO3/c27-21-7-4-8-22(28)25(21)24-16-14-20(32-24)13-15-23(30)17-9-11-19(12-10-17)29-26(31)18-5-2-1-3-6-18/h1-16H,(H,29,31)/b15-13+. The molecule has 0 unspecified atom stereocenters. The summed E-state index contributed by atoms with van der Waals surface area (Å²) in [5.41, 5.74) is 2.26. The Bertz CT molecular complexity index is 1270. The molecule has 1 N–H and O–H groups in total. The minimum absolute atomic E-state index is 0.195. The van der Waals surface area contributed by atoms with Gasteiger partial charge in [0.2, 0.25) is 0 Å². The Kier molecular flexibility index (Phi) is 6.55. The van der Waals surface area contributed by atoms with E-state index in [9.17, 15) is 9.59 Å². The predicted molar refractivity (Wildman–Crippen MR) is 128 cm³/mol. The van der Waals surface area contributed by atoms with Gasteiger partial charge in [0.15, 0.2) is 5.78 Å². The van der Waals surface area contributed by atoms with Crippen LogP contribution < -0.4 is 5.32 Å². The van der Waals surface area contributed by atoms with E-state index in [-0.39, 0.29) is 11.7 Å². The van der Waals surface area contributed by atoms with E-state index < -0.39 is 0 Å². The first kappa shape index (κ1) is 21.6. The van der Waals surface area contributed by atoms with Crippen molar-refractivity contribution in [1.29, 1.82) is 0 Å². The number of ketones is 1. The highest BCUT2D eigenvalue weighted by atomic mass is 35.5. The Balaban J connectivity index is 1.42. The molecule has 32 heavy (non-hydrogen) atoms. The lowest BCUT2D eigenvalue weighted by Crippen LogP contribution is -2.11. The second kappa shape index (κ2) is 9.69. The number of carbonyl (C=O) groups excluding carboxylic acids is 2. The minimum atomic E-state index is -0.211. The number of amides is 1. The van der Waals surface area contributed by atoms with Crippen molar-refractivity contribution in [1.82, 2.24) is 0 Å². The number of hydrogen-bond donors (Lipinski definition) is 1. The molecule has 4 nitrogen and oxygen atoms in total. The van der Waals surface area contributed by atoms with Gasteiger partial charge < -0.3 is 9.73 Å². The van der Waals surface area contributed by atoms with Gasteiger partial charge in [-0.15, -0.1) is 0 Å². The Morgan fingerprint density at radius 2 is 1.44 bits per heavy atom. The number of allylic oxidation sites excluding steroid dienone is 1. The topological polar surface area (TPSA) is 59.3 Å². The molecule has 0 aliphatic carbocycles. The van der Waals surface area contributed by atoms with Crippen molar-refractivity contribution in [2.45, 2.75) is 0 Å². The Morgan fingerprint density at radius 1 is 0.750 bits per heavy atom. The summed E-state index contributed by atoms with van der Waals surface area (Å²) < 4.78 is 5.77. The summed E-state index contributed by atoms with van der Waals surface area (Å²) in [7, 11) is 0. The molecule has 0 aliphatic heterocycles. The first-order chi connectivity index (χ1) is 15.5. The van der Waals surface area contributed by atoms with Gasteiger partial charge in [-0.05, 0) is 72.8 Å². The van der Waals surface area contributed by atoms with Crippen LogP contribution in [0.5, 0.6) is 0 Å².